The van der Waals surface area contributed by atoms with Crippen molar-refractivity contribution in [3.63, 3.8) is 0 Å². The fraction of sp³-hybridized carbons (Fsp3) is 0.154. The highest BCUT2D eigenvalue weighted by atomic mass is 79.9. The molecule has 4 nitrogen and oxygen atoms in total. The van der Waals surface area contributed by atoms with Gasteiger partial charge in [0.1, 0.15) is 6.04 Å². The van der Waals surface area contributed by atoms with Gasteiger partial charge in [0.05, 0.1) is 0 Å². The van der Waals surface area contributed by atoms with Crippen molar-refractivity contribution in [3.05, 3.63) is 40.9 Å². The topological polar surface area (TPSA) is 81.1 Å². The van der Waals surface area contributed by atoms with Crippen molar-refractivity contribution < 1.29 is 4.79 Å². The van der Waals surface area contributed by atoms with Crippen LogP contribution < -0.4 is 16.8 Å². The number of hydrogen-bond acceptors (Lipinski definition) is 3. The quantitative estimate of drug-likeness (QED) is 0.806. The number of halogens is 1. The first-order valence-electron chi connectivity index (χ1n) is 5.55. The molecule has 0 bridgehead atoms. The summed E-state index contributed by atoms with van der Waals surface area (Å²) in [5, 5.41) is 5.33. The van der Waals surface area contributed by atoms with Crippen LogP contribution in [0.2, 0.25) is 0 Å². The van der Waals surface area contributed by atoms with Crippen LogP contribution in [0.25, 0.3) is 10.8 Å². The van der Waals surface area contributed by atoms with Gasteiger partial charge in [-0.2, -0.15) is 0 Å². The van der Waals surface area contributed by atoms with Crippen LogP contribution in [0.1, 0.15) is 0 Å². The van der Waals surface area contributed by atoms with E-state index in [1.165, 1.54) is 0 Å². The fourth-order valence-corrected chi connectivity index (χ4v) is 2.21. The summed E-state index contributed by atoms with van der Waals surface area (Å²) < 4.78 is 1.03. The van der Waals surface area contributed by atoms with Gasteiger partial charge in [0, 0.05) is 22.1 Å². The van der Waals surface area contributed by atoms with Crippen LogP contribution in [0.15, 0.2) is 40.9 Å². The van der Waals surface area contributed by atoms with Gasteiger partial charge in [-0.3, -0.25) is 4.79 Å². The maximum absolute atomic E-state index is 10.9. The molecule has 0 fully saturated rings. The minimum atomic E-state index is -0.688. The van der Waals surface area contributed by atoms with Gasteiger partial charge in [-0.25, -0.2) is 0 Å². The summed E-state index contributed by atoms with van der Waals surface area (Å²) in [4.78, 5) is 10.9. The Balaban J connectivity index is 2.29. The van der Waals surface area contributed by atoms with Crippen LogP contribution in [0, 0.1) is 0 Å². The van der Waals surface area contributed by atoms with Crippen molar-refractivity contribution in [2.75, 3.05) is 11.9 Å². The standard InChI is InChI=1S/C13H14BrN3O/c14-10-5-6-12(17-7-11(15)13(16)18)9-4-2-1-3-8(9)10/h1-6,11,17H,7,15H2,(H2,16,18). The highest BCUT2D eigenvalue weighted by molar-refractivity contribution is 9.10. The summed E-state index contributed by atoms with van der Waals surface area (Å²) in [5.41, 5.74) is 11.7. The van der Waals surface area contributed by atoms with E-state index in [9.17, 15) is 4.79 Å². The lowest BCUT2D eigenvalue weighted by molar-refractivity contribution is -0.118. The molecular weight excluding hydrogens is 294 g/mol. The van der Waals surface area contributed by atoms with Gasteiger partial charge in [0.25, 0.3) is 0 Å². The van der Waals surface area contributed by atoms with Crippen LogP contribution in [-0.4, -0.2) is 18.5 Å². The summed E-state index contributed by atoms with van der Waals surface area (Å²) in [5.74, 6) is -0.510. The third-order valence-corrected chi connectivity index (χ3v) is 3.44. The van der Waals surface area contributed by atoms with E-state index < -0.39 is 11.9 Å². The van der Waals surface area contributed by atoms with Crippen molar-refractivity contribution in [1.82, 2.24) is 0 Å². The number of amides is 1. The number of fused-ring (bicyclic) bond motifs is 1. The highest BCUT2D eigenvalue weighted by Gasteiger charge is 2.09. The second-order valence-corrected chi connectivity index (χ2v) is 4.88. The molecule has 2 aromatic rings. The zero-order chi connectivity index (χ0) is 13.1. The molecule has 0 aromatic heterocycles. The lowest BCUT2D eigenvalue weighted by Crippen LogP contribution is -2.41. The van der Waals surface area contributed by atoms with Crippen LogP contribution in [0.3, 0.4) is 0 Å². The third kappa shape index (κ3) is 2.63. The number of rotatable bonds is 4. The van der Waals surface area contributed by atoms with Crippen molar-refractivity contribution in [2.24, 2.45) is 11.5 Å². The molecule has 94 valence electrons. The Hall–Kier alpha value is -1.59. The van der Waals surface area contributed by atoms with Crippen LogP contribution >= 0.6 is 15.9 Å². The van der Waals surface area contributed by atoms with E-state index in [0.29, 0.717) is 6.54 Å². The molecule has 0 heterocycles. The lowest BCUT2D eigenvalue weighted by atomic mass is 10.1. The zero-order valence-corrected chi connectivity index (χ0v) is 11.3. The zero-order valence-electron chi connectivity index (χ0n) is 9.69. The number of carbonyl (C=O) groups excluding carboxylic acids is 1. The third-order valence-electron chi connectivity index (χ3n) is 2.75. The number of nitrogens with two attached hydrogens (primary N) is 2. The average molecular weight is 308 g/mol. The van der Waals surface area contributed by atoms with Crippen LogP contribution in [0.5, 0.6) is 0 Å². The van der Waals surface area contributed by atoms with Gasteiger partial charge in [0.2, 0.25) is 5.91 Å². The van der Waals surface area contributed by atoms with Crippen LogP contribution in [-0.2, 0) is 4.79 Å². The van der Waals surface area contributed by atoms with Crippen molar-refractivity contribution >= 4 is 38.3 Å². The molecule has 2 rings (SSSR count). The van der Waals surface area contributed by atoms with Crippen molar-refractivity contribution in [3.8, 4) is 0 Å². The first-order chi connectivity index (χ1) is 8.59. The minimum absolute atomic E-state index is 0.320. The minimum Gasteiger partial charge on any atom is -0.382 e. The molecule has 1 amide bonds. The van der Waals surface area contributed by atoms with E-state index in [4.69, 9.17) is 11.5 Å². The van der Waals surface area contributed by atoms with Crippen LogP contribution in [0.4, 0.5) is 5.69 Å². The Morgan fingerprint density at radius 3 is 2.56 bits per heavy atom. The summed E-state index contributed by atoms with van der Waals surface area (Å²) in [6.07, 6.45) is 0. The van der Waals surface area contributed by atoms with Crippen molar-refractivity contribution in [1.29, 1.82) is 0 Å². The number of primary amides is 1. The molecule has 0 saturated heterocycles. The molecule has 0 radical (unpaired) electrons. The lowest BCUT2D eigenvalue weighted by Gasteiger charge is -2.13. The normalized spacial score (nSPS) is 12.3. The molecule has 2 aromatic carbocycles. The number of hydrogen-bond donors (Lipinski definition) is 3. The molecule has 18 heavy (non-hydrogen) atoms. The first-order valence-corrected chi connectivity index (χ1v) is 6.35. The number of benzene rings is 2. The Labute approximate surface area is 113 Å². The van der Waals surface area contributed by atoms with Gasteiger partial charge in [-0.05, 0) is 17.5 Å². The second-order valence-electron chi connectivity index (χ2n) is 4.03. The maximum atomic E-state index is 10.9. The van der Waals surface area contributed by atoms with E-state index in [1.54, 1.807) is 0 Å². The smallest absolute Gasteiger partial charge is 0.236 e. The summed E-state index contributed by atoms with van der Waals surface area (Å²) in [6.45, 7) is 0.320. The molecule has 1 unspecified atom stereocenters. The van der Waals surface area contributed by atoms with Crippen molar-refractivity contribution in [2.45, 2.75) is 6.04 Å². The molecule has 5 heteroatoms. The molecule has 0 aliphatic carbocycles. The van der Waals surface area contributed by atoms with E-state index >= 15 is 0 Å². The summed E-state index contributed by atoms with van der Waals surface area (Å²) >= 11 is 3.51. The molecule has 0 spiro atoms. The Morgan fingerprint density at radius 2 is 1.89 bits per heavy atom. The van der Waals surface area contributed by atoms with E-state index in [1.807, 2.05) is 36.4 Å². The van der Waals surface area contributed by atoms with E-state index in [2.05, 4.69) is 21.2 Å². The number of anilines is 1. The molecule has 5 N–H and O–H groups in total. The van der Waals surface area contributed by atoms with Gasteiger partial charge in [-0.1, -0.05) is 40.2 Å². The molecule has 0 aliphatic rings. The number of carbonyl (C=O) groups is 1. The second kappa shape index (κ2) is 5.37. The van der Waals surface area contributed by atoms with E-state index in [-0.39, 0.29) is 0 Å². The predicted molar refractivity (Wildman–Crippen MR) is 77.3 cm³/mol. The predicted octanol–water partition coefficient (Wildman–Crippen LogP) is 1.83. The summed E-state index contributed by atoms with van der Waals surface area (Å²) in [7, 11) is 0. The first kappa shape index (κ1) is 12.9. The van der Waals surface area contributed by atoms with Gasteiger partial charge < -0.3 is 16.8 Å². The molecular formula is C13H14BrN3O. The Kier molecular flexibility index (Phi) is 3.84. The SMILES string of the molecule is NC(=O)C(N)CNc1ccc(Br)c2ccccc12. The molecule has 0 aliphatic heterocycles. The average Bonchev–Trinajstić information content (AvgIpc) is 2.38. The monoisotopic (exact) mass is 307 g/mol. The maximum Gasteiger partial charge on any atom is 0.236 e. The van der Waals surface area contributed by atoms with E-state index in [0.717, 1.165) is 20.9 Å². The largest absolute Gasteiger partial charge is 0.382 e. The van der Waals surface area contributed by atoms with Gasteiger partial charge in [0.15, 0.2) is 0 Å². The fourth-order valence-electron chi connectivity index (χ4n) is 1.74. The number of nitrogens with one attached hydrogen (secondary N) is 1. The summed E-state index contributed by atoms with van der Waals surface area (Å²) in [6, 6.07) is 11.2. The van der Waals surface area contributed by atoms with Gasteiger partial charge >= 0.3 is 0 Å². The Morgan fingerprint density at radius 1 is 1.22 bits per heavy atom. The van der Waals surface area contributed by atoms with Gasteiger partial charge in [-0.15, -0.1) is 0 Å². The molecule has 1 atom stereocenters. The highest BCUT2D eigenvalue weighted by Crippen LogP contribution is 2.29. The Bertz CT molecular complexity index is 585. The molecule has 0 saturated carbocycles.